The van der Waals surface area contributed by atoms with Crippen molar-refractivity contribution in [2.45, 2.75) is 26.7 Å². The van der Waals surface area contributed by atoms with E-state index in [0.717, 1.165) is 46.3 Å². The lowest BCUT2D eigenvalue weighted by molar-refractivity contribution is -0.135. The van der Waals surface area contributed by atoms with Crippen molar-refractivity contribution >= 4 is 46.5 Å². The molecule has 2 fully saturated rings. The van der Waals surface area contributed by atoms with E-state index in [1.54, 1.807) is 35.2 Å². The van der Waals surface area contributed by atoms with Crippen LogP contribution in [0.3, 0.4) is 0 Å². The summed E-state index contributed by atoms with van der Waals surface area (Å²) in [5.41, 5.74) is 3.55. The van der Waals surface area contributed by atoms with Gasteiger partial charge in [-0.2, -0.15) is 0 Å². The Kier molecular flexibility index (Phi) is 7.55. The molecule has 0 spiro atoms. The summed E-state index contributed by atoms with van der Waals surface area (Å²) in [6.45, 7) is 4.91. The standard InChI is InChI=1S/C26H27N3O5S/c1-17-5-10-21(18(2)13-17)27-23(30)16-34-20-8-6-19(7-9-20)14-22-25(32)29(26(33)35-22)15-24(31)28-11-3-4-12-28/h5-10,13-14H,3-4,11-12,15-16H2,1-2H3,(H,27,30)/b22-14-. The molecule has 2 saturated heterocycles. The van der Waals surface area contributed by atoms with E-state index in [0.29, 0.717) is 24.4 Å². The van der Waals surface area contributed by atoms with Gasteiger partial charge in [-0.3, -0.25) is 24.1 Å². The Bertz CT molecular complexity index is 1190. The Morgan fingerprint density at radius 3 is 2.46 bits per heavy atom. The van der Waals surface area contributed by atoms with E-state index in [-0.39, 0.29) is 29.9 Å². The number of likely N-dealkylation sites (tertiary alicyclic amines) is 1. The van der Waals surface area contributed by atoms with Crippen molar-refractivity contribution in [1.29, 1.82) is 0 Å². The molecular weight excluding hydrogens is 466 g/mol. The van der Waals surface area contributed by atoms with Crippen molar-refractivity contribution in [3.05, 3.63) is 64.1 Å². The Morgan fingerprint density at radius 2 is 1.77 bits per heavy atom. The van der Waals surface area contributed by atoms with Crippen molar-refractivity contribution < 1.29 is 23.9 Å². The summed E-state index contributed by atoms with van der Waals surface area (Å²) in [6, 6.07) is 12.6. The highest BCUT2D eigenvalue weighted by Gasteiger charge is 2.37. The van der Waals surface area contributed by atoms with Gasteiger partial charge >= 0.3 is 0 Å². The van der Waals surface area contributed by atoms with Crippen molar-refractivity contribution in [3.63, 3.8) is 0 Å². The second-order valence-corrected chi connectivity index (χ2v) is 9.57. The van der Waals surface area contributed by atoms with E-state index < -0.39 is 11.1 Å². The number of carbonyl (C=O) groups excluding carboxylic acids is 4. The van der Waals surface area contributed by atoms with Crippen molar-refractivity contribution in [3.8, 4) is 5.75 Å². The van der Waals surface area contributed by atoms with Gasteiger partial charge in [-0.25, -0.2) is 0 Å². The summed E-state index contributed by atoms with van der Waals surface area (Å²) in [4.78, 5) is 52.5. The van der Waals surface area contributed by atoms with Crippen molar-refractivity contribution in [2.75, 3.05) is 31.6 Å². The number of nitrogens with one attached hydrogen (secondary N) is 1. The second kappa shape index (κ2) is 10.8. The fourth-order valence-corrected chi connectivity index (χ4v) is 4.78. The molecule has 182 valence electrons. The molecular formula is C26H27N3O5S. The van der Waals surface area contributed by atoms with E-state index in [2.05, 4.69) is 5.32 Å². The predicted molar refractivity (Wildman–Crippen MR) is 135 cm³/mol. The summed E-state index contributed by atoms with van der Waals surface area (Å²) in [5, 5.41) is 2.39. The summed E-state index contributed by atoms with van der Waals surface area (Å²) < 4.78 is 5.57. The van der Waals surface area contributed by atoms with Crippen molar-refractivity contribution in [2.24, 2.45) is 0 Å². The van der Waals surface area contributed by atoms with Crippen molar-refractivity contribution in [1.82, 2.24) is 9.80 Å². The number of hydrogen-bond donors (Lipinski definition) is 1. The molecule has 2 aromatic rings. The second-order valence-electron chi connectivity index (χ2n) is 8.58. The zero-order valence-electron chi connectivity index (χ0n) is 19.7. The molecule has 9 heteroatoms. The summed E-state index contributed by atoms with van der Waals surface area (Å²) in [7, 11) is 0. The largest absolute Gasteiger partial charge is 0.484 e. The first kappa shape index (κ1) is 24.5. The number of amides is 4. The summed E-state index contributed by atoms with van der Waals surface area (Å²) in [6.07, 6.45) is 3.51. The predicted octanol–water partition coefficient (Wildman–Crippen LogP) is 3.98. The molecule has 4 rings (SSSR count). The van der Waals surface area contributed by atoms with Gasteiger partial charge in [-0.05, 0) is 73.9 Å². The average Bonchev–Trinajstić information content (AvgIpc) is 3.46. The topological polar surface area (TPSA) is 96.0 Å². The average molecular weight is 494 g/mol. The van der Waals surface area contributed by atoms with Crippen LogP contribution in [-0.4, -0.2) is 59.0 Å². The van der Waals surface area contributed by atoms with Gasteiger partial charge in [0.15, 0.2) is 6.61 Å². The molecule has 2 aliphatic heterocycles. The van der Waals surface area contributed by atoms with Crippen LogP contribution < -0.4 is 10.1 Å². The number of benzene rings is 2. The third kappa shape index (κ3) is 6.10. The third-order valence-corrected chi connectivity index (χ3v) is 6.74. The molecule has 0 saturated carbocycles. The molecule has 1 N–H and O–H groups in total. The molecule has 35 heavy (non-hydrogen) atoms. The molecule has 0 bridgehead atoms. The van der Waals surface area contributed by atoms with Gasteiger partial charge in [0.25, 0.3) is 17.1 Å². The van der Waals surface area contributed by atoms with Crippen LogP contribution in [0.5, 0.6) is 5.75 Å². The molecule has 8 nitrogen and oxygen atoms in total. The molecule has 0 aromatic heterocycles. The highest BCUT2D eigenvalue weighted by atomic mass is 32.2. The number of rotatable bonds is 7. The molecule has 0 aliphatic carbocycles. The van der Waals surface area contributed by atoms with Crippen LogP contribution in [0.1, 0.15) is 29.5 Å². The van der Waals surface area contributed by atoms with Gasteiger partial charge in [0.1, 0.15) is 12.3 Å². The zero-order chi connectivity index (χ0) is 24.9. The van der Waals surface area contributed by atoms with Crippen LogP contribution in [0.2, 0.25) is 0 Å². The van der Waals surface area contributed by atoms with Gasteiger partial charge in [0, 0.05) is 18.8 Å². The Morgan fingerprint density at radius 1 is 1.06 bits per heavy atom. The Labute approximate surface area is 208 Å². The van der Waals surface area contributed by atoms with Crippen LogP contribution in [0.25, 0.3) is 6.08 Å². The fraction of sp³-hybridized carbons (Fsp3) is 0.308. The molecule has 2 aromatic carbocycles. The third-order valence-electron chi connectivity index (χ3n) is 5.83. The van der Waals surface area contributed by atoms with E-state index in [4.69, 9.17) is 4.74 Å². The Hall–Kier alpha value is -3.59. The smallest absolute Gasteiger partial charge is 0.294 e. The maximum Gasteiger partial charge on any atom is 0.294 e. The van der Waals surface area contributed by atoms with Crippen LogP contribution in [0, 0.1) is 13.8 Å². The van der Waals surface area contributed by atoms with Gasteiger partial charge in [0.05, 0.1) is 4.91 Å². The summed E-state index contributed by atoms with van der Waals surface area (Å²) in [5.74, 6) is -0.425. The minimum Gasteiger partial charge on any atom is -0.484 e. The number of nitrogens with zero attached hydrogens (tertiary/aromatic N) is 2. The normalized spacial score (nSPS) is 16.8. The van der Waals surface area contributed by atoms with Crippen LogP contribution in [0.4, 0.5) is 10.5 Å². The maximum atomic E-state index is 12.7. The molecule has 2 aliphatic rings. The van der Waals surface area contributed by atoms with E-state index in [9.17, 15) is 19.2 Å². The van der Waals surface area contributed by atoms with Crippen LogP contribution in [-0.2, 0) is 14.4 Å². The van der Waals surface area contributed by atoms with E-state index in [1.807, 2.05) is 32.0 Å². The lowest BCUT2D eigenvalue weighted by atomic mass is 10.1. The lowest BCUT2D eigenvalue weighted by Crippen LogP contribution is -2.40. The maximum absolute atomic E-state index is 12.7. The molecule has 0 radical (unpaired) electrons. The lowest BCUT2D eigenvalue weighted by Gasteiger charge is -2.18. The molecule has 0 atom stereocenters. The van der Waals surface area contributed by atoms with Gasteiger partial charge in [0.2, 0.25) is 5.91 Å². The SMILES string of the molecule is Cc1ccc(NC(=O)COc2ccc(/C=C3\SC(=O)N(CC(=O)N4CCCC4)C3=O)cc2)c(C)c1. The minimum atomic E-state index is -0.462. The molecule has 4 amide bonds. The molecule has 2 heterocycles. The van der Waals surface area contributed by atoms with E-state index in [1.165, 1.54) is 0 Å². The highest BCUT2D eigenvalue weighted by molar-refractivity contribution is 8.18. The zero-order valence-corrected chi connectivity index (χ0v) is 20.5. The minimum absolute atomic E-state index is 0.142. The molecule has 0 unspecified atom stereocenters. The van der Waals surface area contributed by atoms with Gasteiger partial charge < -0.3 is 15.0 Å². The quantitative estimate of drug-likeness (QED) is 0.586. The first-order valence-electron chi connectivity index (χ1n) is 11.4. The summed E-state index contributed by atoms with van der Waals surface area (Å²) >= 11 is 0.826. The number of ether oxygens (including phenoxy) is 1. The van der Waals surface area contributed by atoms with Gasteiger partial charge in [-0.15, -0.1) is 0 Å². The van der Waals surface area contributed by atoms with Crippen LogP contribution >= 0.6 is 11.8 Å². The first-order valence-corrected chi connectivity index (χ1v) is 12.2. The number of carbonyl (C=O) groups is 4. The highest BCUT2D eigenvalue weighted by Crippen LogP contribution is 2.32. The number of anilines is 1. The number of imide groups is 1. The van der Waals surface area contributed by atoms with Gasteiger partial charge in [-0.1, -0.05) is 29.8 Å². The number of aryl methyl sites for hydroxylation is 2. The van der Waals surface area contributed by atoms with E-state index >= 15 is 0 Å². The fourth-order valence-electron chi connectivity index (χ4n) is 3.94. The number of hydrogen-bond acceptors (Lipinski definition) is 6. The number of thioether (sulfide) groups is 1. The Balaban J connectivity index is 1.31. The first-order chi connectivity index (χ1) is 16.8. The van der Waals surface area contributed by atoms with Crippen LogP contribution in [0.15, 0.2) is 47.4 Å². The monoisotopic (exact) mass is 493 g/mol.